The second-order valence-corrected chi connectivity index (χ2v) is 3.28. The van der Waals surface area contributed by atoms with E-state index in [-0.39, 0.29) is 5.97 Å². The van der Waals surface area contributed by atoms with Gasteiger partial charge in [0.2, 0.25) is 0 Å². The molecule has 2 N–H and O–H groups in total. The van der Waals surface area contributed by atoms with Gasteiger partial charge in [-0.25, -0.2) is 5.43 Å². The van der Waals surface area contributed by atoms with E-state index in [1.54, 1.807) is 0 Å². The maximum Gasteiger partial charge on any atom is 0.327 e. The predicted molar refractivity (Wildman–Crippen MR) is 38.7 cm³/mol. The van der Waals surface area contributed by atoms with E-state index in [9.17, 15) is 4.79 Å². The summed E-state index contributed by atoms with van der Waals surface area (Å²) in [7, 11) is 1.43. The van der Waals surface area contributed by atoms with Crippen LogP contribution >= 0.6 is 0 Å². The van der Waals surface area contributed by atoms with Crippen molar-refractivity contribution in [2.45, 2.75) is 30.8 Å². The lowest BCUT2D eigenvalue weighted by Gasteiger charge is -2.23. The molecule has 1 aliphatic heterocycles. The van der Waals surface area contributed by atoms with E-state index in [4.69, 9.17) is 4.74 Å². The molecule has 2 atom stereocenters. The van der Waals surface area contributed by atoms with E-state index in [2.05, 4.69) is 10.9 Å². The van der Waals surface area contributed by atoms with Gasteiger partial charge in [-0.2, -0.15) is 0 Å². The summed E-state index contributed by atoms with van der Waals surface area (Å²) in [5.74, 6) is -0.134. The van der Waals surface area contributed by atoms with Crippen molar-refractivity contribution >= 4 is 5.97 Å². The summed E-state index contributed by atoms with van der Waals surface area (Å²) in [5.41, 5.74) is 5.65. The Labute approximate surface area is 65.3 Å². The van der Waals surface area contributed by atoms with Gasteiger partial charge in [0.05, 0.1) is 7.11 Å². The Morgan fingerprint density at radius 2 is 2.55 bits per heavy atom. The van der Waals surface area contributed by atoms with Crippen LogP contribution in [0.2, 0.25) is 0 Å². The van der Waals surface area contributed by atoms with E-state index in [0.717, 1.165) is 19.3 Å². The maximum absolute atomic E-state index is 11.3. The molecule has 2 aliphatic rings. The Balaban J connectivity index is 2.16. The van der Waals surface area contributed by atoms with Crippen molar-refractivity contribution in [2.24, 2.45) is 0 Å². The number of hydrogen-bond donors (Lipinski definition) is 2. The third-order valence-electron chi connectivity index (χ3n) is 2.61. The highest BCUT2D eigenvalue weighted by Gasteiger charge is 2.51. The van der Waals surface area contributed by atoms with Gasteiger partial charge in [0.15, 0.2) is 0 Å². The summed E-state index contributed by atoms with van der Waals surface area (Å²) >= 11 is 0. The largest absolute Gasteiger partial charge is 0.468 e. The lowest BCUT2D eigenvalue weighted by Crippen LogP contribution is -2.52. The standard InChI is InChI=1S/C7H12N2O2/c1-11-6(10)7-3-2-5(4-7)8-9-7/h5,8-9H,2-4H2,1H3. The van der Waals surface area contributed by atoms with E-state index in [1.165, 1.54) is 7.11 Å². The van der Waals surface area contributed by atoms with Crippen LogP contribution in [-0.2, 0) is 9.53 Å². The molecule has 2 rings (SSSR count). The number of hydrazine groups is 1. The van der Waals surface area contributed by atoms with Crippen LogP contribution in [0.25, 0.3) is 0 Å². The zero-order valence-corrected chi connectivity index (χ0v) is 6.52. The normalized spacial score (nSPS) is 41.0. The fraction of sp³-hybridized carbons (Fsp3) is 0.857. The van der Waals surface area contributed by atoms with Crippen molar-refractivity contribution in [3.8, 4) is 0 Å². The molecule has 0 aromatic rings. The average Bonchev–Trinajstić information content (AvgIpc) is 2.62. The minimum Gasteiger partial charge on any atom is -0.468 e. The molecular formula is C7H12N2O2. The van der Waals surface area contributed by atoms with Crippen LogP contribution in [0, 0.1) is 0 Å². The third-order valence-corrected chi connectivity index (χ3v) is 2.61. The molecule has 62 valence electrons. The van der Waals surface area contributed by atoms with Crippen LogP contribution in [0.5, 0.6) is 0 Å². The first-order valence-electron chi connectivity index (χ1n) is 3.88. The number of esters is 1. The van der Waals surface area contributed by atoms with Crippen LogP contribution in [0.3, 0.4) is 0 Å². The van der Waals surface area contributed by atoms with Gasteiger partial charge >= 0.3 is 5.97 Å². The molecule has 4 nitrogen and oxygen atoms in total. The quantitative estimate of drug-likeness (QED) is 0.505. The Hall–Kier alpha value is -0.610. The van der Waals surface area contributed by atoms with Gasteiger partial charge < -0.3 is 4.74 Å². The van der Waals surface area contributed by atoms with Crippen molar-refractivity contribution < 1.29 is 9.53 Å². The fourth-order valence-electron chi connectivity index (χ4n) is 1.95. The highest BCUT2D eigenvalue weighted by Crippen LogP contribution is 2.34. The first kappa shape index (κ1) is 7.06. The van der Waals surface area contributed by atoms with Gasteiger partial charge in [-0.05, 0) is 19.3 Å². The number of methoxy groups -OCH3 is 1. The molecule has 0 aromatic carbocycles. The summed E-state index contributed by atoms with van der Waals surface area (Å²) in [6.45, 7) is 0. The van der Waals surface area contributed by atoms with Gasteiger partial charge in [0, 0.05) is 6.04 Å². The summed E-state index contributed by atoms with van der Waals surface area (Å²) in [5, 5.41) is 0. The first-order chi connectivity index (χ1) is 5.27. The molecular weight excluding hydrogens is 144 g/mol. The summed E-state index contributed by atoms with van der Waals surface area (Å²) in [6, 6.07) is 0.467. The van der Waals surface area contributed by atoms with Crippen molar-refractivity contribution in [1.29, 1.82) is 0 Å². The van der Waals surface area contributed by atoms with Crippen molar-refractivity contribution in [1.82, 2.24) is 10.9 Å². The second kappa shape index (κ2) is 2.19. The zero-order chi connectivity index (χ0) is 7.90. The minimum atomic E-state index is -0.403. The second-order valence-electron chi connectivity index (χ2n) is 3.28. The van der Waals surface area contributed by atoms with E-state index < -0.39 is 5.54 Å². The SMILES string of the molecule is COC(=O)C12CCC(C1)NN2. The Kier molecular flexibility index (Phi) is 1.40. The molecule has 11 heavy (non-hydrogen) atoms. The zero-order valence-electron chi connectivity index (χ0n) is 6.52. The van der Waals surface area contributed by atoms with Crippen molar-refractivity contribution in [3.63, 3.8) is 0 Å². The van der Waals surface area contributed by atoms with E-state index in [1.807, 2.05) is 0 Å². The van der Waals surface area contributed by atoms with Gasteiger partial charge in [-0.15, -0.1) is 0 Å². The number of nitrogens with one attached hydrogen (secondary N) is 2. The van der Waals surface area contributed by atoms with Gasteiger partial charge in [-0.3, -0.25) is 10.2 Å². The number of carbonyl (C=O) groups is 1. The minimum absolute atomic E-state index is 0.134. The molecule has 0 spiro atoms. The van der Waals surface area contributed by atoms with Crippen LogP contribution < -0.4 is 10.9 Å². The van der Waals surface area contributed by atoms with Crippen LogP contribution in [0.4, 0.5) is 0 Å². The molecule has 2 unspecified atom stereocenters. The fourth-order valence-corrected chi connectivity index (χ4v) is 1.95. The highest BCUT2D eigenvalue weighted by molar-refractivity contribution is 5.81. The Morgan fingerprint density at radius 1 is 1.73 bits per heavy atom. The van der Waals surface area contributed by atoms with Gasteiger partial charge in [0.25, 0.3) is 0 Å². The lowest BCUT2D eigenvalue weighted by molar-refractivity contribution is -0.148. The molecule has 2 fully saturated rings. The van der Waals surface area contributed by atoms with Crippen molar-refractivity contribution in [3.05, 3.63) is 0 Å². The summed E-state index contributed by atoms with van der Waals surface area (Å²) in [6.07, 6.45) is 2.85. The van der Waals surface area contributed by atoms with Crippen molar-refractivity contribution in [2.75, 3.05) is 7.11 Å². The number of fused-ring (bicyclic) bond motifs is 2. The highest BCUT2D eigenvalue weighted by atomic mass is 16.5. The molecule has 1 saturated carbocycles. The molecule has 1 aliphatic carbocycles. The number of rotatable bonds is 1. The molecule has 0 amide bonds. The third kappa shape index (κ3) is 0.862. The summed E-state index contributed by atoms with van der Waals surface area (Å²) in [4.78, 5) is 11.3. The first-order valence-corrected chi connectivity index (χ1v) is 3.88. The monoisotopic (exact) mass is 156 g/mol. The molecule has 0 radical (unpaired) electrons. The van der Waals surface area contributed by atoms with Crippen LogP contribution in [-0.4, -0.2) is 24.7 Å². The molecule has 4 heteroatoms. The molecule has 1 heterocycles. The maximum atomic E-state index is 11.3. The van der Waals surface area contributed by atoms with E-state index >= 15 is 0 Å². The summed E-state index contributed by atoms with van der Waals surface area (Å²) < 4.78 is 4.71. The lowest BCUT2D eigenvalue weighted by atomic mass is 10.00. The number of hydrogen-bond acceptors (Lipinski definition) is 4. The van der Waals surface area contributed by atoms with Crippen LogP contribution in [0.1, 0.15) is 19.3 Å². The smallest absolute Gasteiger partial charge is 0.327 e. The Bertz CT molecular complexity index is 185. The Morgan fingerprint density at radius 3 is 2.91 bits per heavy atom. The number of carbonyl (C=O) groups excluding carboxylic acids is 1. The predicted octanol–water partition coefficient (Wildman–Crippen LogP) is -0.442. The van der Waals surface area contributed by atoms with Gasteiger partial charge in [-0.1, -0.05) is 0 Å². The topological polar surface area (TPSA) is 50.4 Å². The molecule has 0 aromatic heterocycles. The van der Waals surface area contributed by atoms with E-state index in [0.29, 0.717) is 6.04 Å². The van der Waals surface area contributed by atoms with Gasteiger partial charge in [0.1, 0.15) is 5.54 Å². The average molecular weight is 156 g/mol. The van der Waals surface area contributed by atoms with Crippen LogP contribution in [0.15, 0.2) is 0 Å². The molecule has 2 bridgehead atoms. The molecule has 1 saturated heterocycles. The number of ether oxygens (including phenoxy) is 1.